The Kier molecular flexibility index (Phi) is 5.71. The highest BCUT2D eigenvalue weighted by Crippen LogP contribution is 2.24. The van der Waals surface area contributed by atoms with Crippen molar-refractivity contribution in [3.05, 3.63) is 64.8 Å². The summed E-state index contributed by atoms with van der Waals surface area (Å²) < 4.78 is 7.62. The highest BCUT2D eigenvalue weighted by molar-refractivity contribution is 7.07. The topological polar surface area (TPSA) is 26.5 Å². The van der Waals surface area contributed by atoms with E-state index in [2.05, 4.69) is 35.9 Å². The molecule has 25 heavy (non-hydrogen) atoms. The van der Waals surface area contributed by atoms with Crippen LogP contribution in [-0.4, -0.2) is 11.7 Å². The van der Waals surface area contributed by atoms with Crippen molar-refractivity contribution in [1.82, 2.24) is 4.57 Å². The number of para-hydroxylation sites is 1. The summed E-state index contributed by atoms with van der Waals surface area (Å²) in [5.41, 5.74) is 3.39. The van der Waals surface area contributed by atoms with E-state index in [0.29, 0.717) is 5.92 Å². The predicted molar refractivity (Wildman–Crippen MR) is 105 cm³/mol. The number of nitrogens with zero attached hydrogens (tertiary/aromatic N) is 2. The minimum Gasteiger partial charge on any atom is -0.497 e. The van der Waals surface area contributed by atoms with Crippen molar-refractivity contribution in [2.24, 2.45) is 10.9 Å². The van der Waals surface area contributed by atoms with Gasteiger partial charge in [0.2, 0.25) is 0 Å². The van der Waals surface area contributed by atoms with E-state index in [1.807, 2.05) is 42.5 Å². The molecule has 1 heterocycles. The molecule has 4 heteroatoms. The molecule has 3 rings (SSSR count). The fourth-order valence-electron chi connectivity index (χ4n) is 2.64. The molecule has 0 N–H and O–H groups in total. The SMILES string of the molecule is CCC(C)Cn1c(-c2ccc(OC)cc2)csc1=Nc1ccccc1. The third-order valence-electron chi connectivity index (χ3n) is 4.36. The van der Waals surface area contributed by atoms with Gasteiger partial charge in [0.05, 0.1) is 18.5 Å². The zero-order valence-corrected chi connectivity index (χ0v) is 15.8. The Balaban J connectivity index is 2.07. The maximum atomic E-state index is 5.28. The Bertz CT molecular complexity index is 863. The van der Waals surface area contributed by atoms with E-state index < -0.39 is 0 Å². The molecule has 1 atom stereocenters. The number of thiazole rings is 1. The van der Waals surface area contributed by atoms with Crippen LogP contribution in [0, 0.1) is 5.92 Å². The summed E-state index contributed by atoms with van der Waals surface area (Å²) in [5.74, 6) is 1.47. The minimum atomic E-state index is 0.598. The van der Waals surface area contributed by atoms with Gasteiger partial charge in [-0.1, -0.05) is 38.5 Å². The number of hydrogen-bond donors (Lipinski definition) is 0. The lowest BCUT2D eigenvalue weighted by molar-refractivity contribution is 0.415. The van der Waals surface area contributed by atoms with Crippen LogP contribution in [0.2, 0.25) is 0 Å². The predicted octanol–water partition coefficient (Wildman–Crippen LogP) is 5.50. The lowest BCUT2D eigenvalue weighted by Gasteiger charge is -2.14. The van der Waals surface area contributed by atoms with E-state index >= 15 is 0 Å². The molecule has 0 radical (unpaired) electrons. The molecule has 1 aromatic heterocycles. The van der Waals surface area contributed by atoms with Gasteiger partial charge in [0.1, 0.15) is 5.75 Å². The van der Waals surface area contributed by atoms with E-state index in [9.17, 15) is 0 Å². The van der Waals surface area contributed by atoms with Crippen molar-refractivity contribution in [3.63, 3.8) is 0 Å². The van der Waals surface area contributed by atoms with Crippen molar-refractivity contribution in [2.75, 3.05) is 7.11 Å². The number of hydrogen-bond acceptors (Lipinski definition) is 3. The molecule has 3 nitrogen and oxygen atoms in total. The molecule has 0 amide bonds. The number of aromatic nitrogens is 1. The Morgan fingerprint density at radius 3 is 2.44 bits per heavy atom. The monoisotopic (exact) mass is 352 g/mol. The maximum absolute atomic E-state index is 5.28. The number of benzene rings is 2. The maximum Gasteiger partial charge on any atom is 0.190 e. The van der Waals surface area contributed by atoms with Gasteiger partial charge in [0.15, 0.2) is 4.80 Å². The lowest BCUT2D eigenvalue weighted by atomic mass is 10.1. The average molecular weight is 353 g/mol. The minimum absolute atomic E-state index is 0.598. The first-order chi connectivity index (χ1) is 12.2. The van der Waals surface area contributed by atoms with Gasteiger partial charge in [0, 0.05) is 11.9 Å². The lowest BCUT2D eigenvalue weighted by Crippen LogP contribution is -2.19. The van der Waals surface area contributed by atoms with Crippen molar-refractivity contribution >= 4 is 17.0 Å². The van der Waals surface area contributed by atoms with Crippen LogP contribution in [0.5, 0.6) is 5.75 Å². The summed E-state index contributed by atoms with van der Waals surface area (Å²) in [6, 6.07) is 18.4. The molecule has 0 aliphatic carbocycles. The molecule has 1 unspecified atom stereocenters. The first-order valence-electron chi connectivity index (χ1n) is 8.63. The molecule has 0 bridgehead atoms. The van der Waals surface area contributed by atoms with Gasteiger partial charge in [0.25, 0.3) is 0 Å². The quantitative estimate of drug-likeness (QED) is 0.575. The second kappa shape index (κ2) is 8.17. The molecule has 0 aliphatic rings. The van der Waals surface area contributed by atoms with Gasteiger partial charge in [-0.3, -0.25) is 0 Å². The summed E-state index contributed by atoms with van der Waals surface area (Å²) in [5, 5.41) is 2.20. The van der Waals surface area contributed by atoms with Crippen LogP contribution < -0.4 is 9.54 Å². The van der Waals surface area contributed by atoms with Gasteiger partial charge in [-0.25, -0.2) is 4.99 Å². The number of ether oxygens (including phenoxy) is 1. The van der Waals surface area contributed by atoms with Crippen LogP contribution in [0.4, 0.5) is 5.69 Å². The van der Waals surface area contributed by atoms with Crippen LogP contribution in [0.15, 0.2) is 65.0 Å². The average Bonchev–Trinajstić information content (AvgIpc) is 3.04. The molecule has 0 spiro atoms. The molecule has 0 saturated heterocycles. The van der Waals surface area contributed by atoms with Crippen molar-refractivity contribution in [1.29, 1.82) is 0 Å². The molecule has 0 saturated carbocycles. The summed E-state index contributed by atoms with van der Waals surface area (Å²) >= 11 is 1.69. The molecule has 2 aromatic carbocycles. The normalized spacial score (nSPS) is 13.0. The highest BCUT2D eigenvalue weighted by atomic mass is 32.1. The molecular weight excluding hydrogens is 328 g/mol. The van der Waals surface area contributed by atoms with E-state index in [0.717, 1.165) is 29.2 Å². The Labute approximate surface area is 153 Å². The Morgan fingerprint density at radius 1 is 1.08 bits per heavy atom. The summed E-state index contributed by atoms with van der Waals surface area (Å²) in [6.07, 6.45) is 1.15. The Morgan fingerprint density at radius 2 is 1.80 bits per heavy atom. The summed E-state index contributed by atoms with van der Waals surface area (Å²) in [6.45, 7) is 5.49. The summed E-state index contributed by atoms with van der Waals surface area (Å²) in [7, 11) is 1.69. The first-order valence-corrected chi connectivity index (χ1v) is 9.51. The zero-order valence-electron chi connectivity index (χ0n) is 15.0. The fraction of sp³-hybridized carbons (Fsp3) is 0.286. The van der Waals surface area contributed by atoms with Crippen LogP contribution in [0.1, 0.15) is 20.3 Å². The van der Waals surface area contributed by atoms with Gasteiger partial charge in [-0.15, -0.1) is 11.3 Å². The van der Waals surface area contributed by atoms with Gasteiger partial charge in [-0.2, -0.15) is 0 Å². The van der Waals surface area contributed by atoms with E-state index in [-0.39, 0.29) is 0 Å². The van der Waals surface area contributed by atoms with Crippen molar-refractivity contribution in [2.45, 2.75) is 26.8 Å². The number of methoxy groups -OCH3 is 1. The Hall–Kier alpha value is -2.33. The zero-order chi connectivity index (χ0) is 17.6. The van der Waals surface area contributed by atoms with Crippen molar-refractivity contribution < 1.29 is 4.74 Å². The van der Waals surface area contributed by atoms with Crippen LogP contribution in [0.3, 0.4) is 0 Å². The van der Waals surface area contributed by atoms with E-state index in [1.165, 1.54) is 11.3 Å². The third kappa shape index (κ3) is 4.20. The van der Waals surface area contributed by atoms with Gasteiger partial charge < -0.3 is 9.30 Å². The molecule has 130 valence electrons. The molecule has 3 aromatic rings. The van der Waals surface area contributed by atoms with Gasteiger partial charge in [-0.05, 0) is 47.9 Å². The van der Waals surface area contributed by atoms with Crippen LogP contribution in [0.25, 0.3) is 11.3 Å². The van der Waals surface area contributed by atoms with Crippen LogP contribution >= 0.6 is 11.3 Å². The third-order valence-corrected chi connectivity index (χ3v) is 5.22. The first kappa shape index (κ1) is 17.5. The second-order valence-corrected chi connectivity index (χ2v) is 7.04. The van der Waals surface area contributed by atoms with E-state index in [4.69, 9.17) is 9.73 Å². The standard InChI is InChI=1S/C21H24N2OS/c1-4-16(2)14-23-20(17-10-12-19(24-3)13-11-17)15-25-21(23)22-18-8-6-5-7-9-18/h5-13,15-16H,4,14H2,1-3H3. The molecular formula is C21H24N2OS. The largest absolute Gasteiger partial charge is 0.497 e. The smallest absolute Gasteiger partial charge is 0.190 e. The number of rotatable bonds is 6. The highest BCUT2D eigenvalue weighted by Gasteiger charge is 2.11. The molecule has 0 fully saturated rings. The van der Waals surface area contributed by atoms with Crippen LogP contribution in [-0.2, 0) is 6.54 Å². The second-order valence-electron chi connectivity index (χ2n) is 6.20. The summed E-state index contributed by atoms with van der Waals surface area (Å²) in [4.78, 5) is 5.90. The molecule has 0 aliphatic heterocycles. The fourth-order valence-corrected chi connectivity index (χ4v) is 3.58. The van der Waals surface area contributed by atoms with Gasteiger partial charge >= 0.3 is 0 Å². The van der Waals surface area contributed by atoms with Crippen molar-refractivity contribution in [3.8, 4) is 17.0 Å². The van der Waals surface area contributed by atoms with E-state index in [1.54, 1.807) is 18.4 Å².